The van der Waals surface area contributed by atoms with Crippen molar-refractivity contribution in [3.8, 4) is 34.4 Å². The highest BCUT2D eigenvalue weighted by molar-refractivity contribution is 6.84. The highest BCUT2D eigenvalue weighted by Gasteiger charge is 2.24. The second kappa shape index (κ2) is 14.4. The lowest BCUT2D eigenvalue weighted by atomic mass is 9.83. The molecule has 0 aromatic heterocycles. The molecule has 0 aliphatic heterocycles. The third kappa shape index (κ3) is 12.3. The zero-order valence-corrected chi connectivity index (χ0v) is 26.9. The van der Waals surface area contributed by atoms with Gasteiger partial charge in [-0.25, -0.2) is 0 Å². The van der Waals surface area contributed by atoms with Crippen molar-refractivity contribution >= 4 is 27.8 Å². The van der Waals surface area contributed by atoms with Crippen LogP contribution in [0.15, 0.2) is 48.5 Å². The molecule has 2 aromatic rings. The van der Waals surface area contributed by atoms with E-state index in [0.29, 0.717) is 23.8 Å². The van der Waals surface area contributed by atoms with E-state index in [2.05, 4.69) is 67.5 Å². The summed E-state index contributed by atoms with van der Waals surface area (Å²) < 4.78 is 11.4. The molecule has 1 amide bonds. The van der Waals surface area contributed by atoms with Crippen molar-refractivity contribution in [2.75, 3.05) is 13.2 Å². The number of hydrogen-bond acceptors (Lipinski definition) is 4. The second-order valence-electron chi connectivity index (χ2n) is 12.7. The second-order valence-corrected chi connectivity index (χ2v) is 22.2. The Bertz CT molecular complexity index is 1160. The molecule has 40 heavy (non-hydrogen) atoms. The maximum atomic E-state index is 12.5. The van der Waals surface area contributed by atoms with Gasteiger partial charge in [0, 0.05) is 23.6 Å². The van der Waals surface area contributed by atoms with Crippen molar-refractivity contribution < 1.29 is 19.1 Å². The highest BCUT2D eigenvalue weighted by atomic mass is 28.3. The number of carbonyl (C=O) groups is 2. The average Bonchev–Trinajstić information content (AvgIpc) is 2.90. The maximum Gasteiger partial charge on any atom is 0.258 e. The van der Waals surface area contributed by atoms with E-state index in [1.165, 1.54) is 0 Å². The van der Waals surface area contributed by atoms with E-state index in [4.69, 9.17) is 9.47 Å². The Labute approximate surface area is 242 Å². The van der Waals surface area contributed by atoms with Gasteiger partial charge in [-0.1, -0.05) is 51.1 Å². The van der Waals surface area contributed by atoms with Crippen molar-refractivity contribution in [2.45, 2.75) is 77.4 Å². The Hall–Kier alpha value is -3.27. The molecule has 0 bridgehead atoms. The number of hydrogen-bond donors (Lipinski definition) is 1. The zero-order valence-electron chi connectivity index (χ0n) is 24.9. The van der Waals surface area contributed by atoms with Crippen molar-refractivity contribution in [2.24, 2.45) is 5.92 Å². The summed E-state index contributed by atoms with van der Waals surface area (Å²) in [5, 5.41) is 3.08. The number of ether oxygens (including phenoxy) is 2. The summed E-state index contributed by atoms with van der Waals surface area (Å²) in [7, 11) is -2.82. The first kappa shape index (κ1) is 31.3. The van der Waals surface area contributed by atoms with Crippen molar-refractivity contribution in [1.29, 1.82) is 0 Å². The normalized spacial score (nSPS) is 16.9. The molecule has 1 saturated carbocycles. The van der Waals surface area contributed by atoms with E-state index in [9.17, 15) is 9.59 Å². The number of ketones is 1. The van der Waals surface area contributed by atoms with Gasteiger partial charge in [0.25, 0.3) is 5.91 Å². The van der Waals surface area contributed by atoms with Crippen LogP contribution in [0.2, 0.25) is 39.3 Å². The van der Waals surface area contributed by atoms with Crippen LogP contribution in [-0.4, -0.2) is 47.1 Å². The van der Waals surface area contributed by atoms with E-state index in [-0.39, 0.29) is 30.9 Å². The van der Waals surface area contributed by atoms with Gasteiger partial charge in [0.15, 0.2) is 12.4 Å². The molecule has 0 saturated heterocycles. The molecular weight excluding hydrogens is 531 g/mol. The topological polar surface area (TPSA) is 64.6 Å². The van der Waals surface area contributed by atoms with Gasteiger partial charge in [0.2, 0.25) is 0 Å². The van der Waals surface area contributed by atoms with Crippen LogP contribution < -0.4 is 14.8 Å². The molecule has 0 spiro atoms. The molecule has 0 heterocycles. The molecule has 0 unspecified atom stereocenters. The van der Waals surface area contributed by atoms with Gasteiger partial charge in [-0.3, -0.25) is 9.59 Å². The van der Waals surface area contributed by atoms with Crippen LogP contribution in [0.5, 0.6) is 11.5 Å². The average molecular weight is 574 g/mol. The Kier molecular flexibility index (Phi) is 11.2. The molecule has 1 fully saturated rings. The standard InChI is InChI=1S/C33H43NO4Si2/c1-39(2,3)21-19-26-9-15-31(16-10-26)37-24-30(35)23-28-7-13-29(14-8-28)34-33(36)25-38-32-17-11-27(12-18-32)20-22-40(4,5)6/h9-12,15-18,28-29H,7-8,13-14,23-25H2,1-6H3,(H,34,36). The molecule has 1 aliphatic carbocycles. The first-order valence-corrected chi connectivity index (χ1v) is 21.2. The minimum absolute atomic E-state index is 0.0123. The lowest BCUT2D eigenvalue weighted by Crippen LogP contribution is -2.40. The summed E-state index contributed by atoms with van der Waals surface area (Å²) in [6, 6.07) is 15.3. The van der Waals surface area contributed by atoms with Crippen LogP contribution in [0.1, 0.15) is 43.2 Å². The van der Waals surface area contributed by atoms with Crippen LogP contribution in [0.4, 0.5) is 0 Å². The molecular formula is C33H43NO4Si2. The molecule has 2 aromatic carbocycles. The SMILES string of the molecule is C[Si](C)(C)C#Cc1ccc(OCC(=O)CC2CCC(NC(=O)COc3ccc(C#C[Si](C)(C)C)cc3)CC2)cc1. The van der Waals surface area contributed by atoms with Gasteiger partial charge in [-0.15, -0.1) is 11.1 Å². The molecule has 0 atom stereocenters. The number of nitrogens with one attached hydrogen (secondary N) is 1. The van der Waals surface area contributed by atoms with E-state index < -0.39 is 16.1 Å². The highest BCUT2D eigenvalue weighted by Crippen LogP contribution is 2.27. The van der Waals surface area contributed by atoms with Gasteiger partial charge in [0.05, 0.1) is 0 Å². The number of benzene rings is 2. The fourth-order valence-corrected chi connectivity index (χ4v) is 5.30. The summed E-state index contributed by atoms with van der Waals surface area (Å²) in [5.74, 6) is 8.11. The molecule has 212 valence electrons. The lowest BCUT2D eigenvalue weighted by molar-refractivity contribution is -0.125. The smallest absolute Gasteiger partial charge is 0.258 e. The zero-order chi connectivity index (χ0) is 29.2. The van der Waals surface area contributed by atoms with Crippen LogP contribution in [0.3, 0.4) is 0 Å². The minimum atomic E-state index is -1.41. The van der Waals surface area contributed by atoms with Gasteiger partial charge >= 0.3 is 0 Å². The van der Waals surface area contributed by atoms with Crippen molar-refractivity contribution in [3.05, 3.63) is 59.7 Å². The van der Waals surface area contributed by atoms with Crippen LogP contribution in [-0.2, 0) is 9.59 Å². The number of Topliss-reactive ketones (excluding diaryl/α,β-unsaturated/α-hetero) is 1. The third-order valence-corrected chi connectivity index (χ3v) is 8.12. The molecule has 1 N–H and O–H groups in total. The molecule has 1 aliphatic rings. The summed E-state index contributed by atoms with van der Waals surface area (Å²) in [4.78, 5) is 24.9. The summed E-state index contributed by atoms with van der Waals surface area (Å²) >= 11 is 0. The van der Waals surface area contributed by atoms with E-state index in [1.54, 1.807) is 0 Å². The van der Waals surface area contributed by atoms with E-state index in [1.807, 2.05) is 48.5 Å². The first-order chi connectivity index (χ1) is 18.8. The summed E-state index contributed by atoms with van der Waals surface area (Å²) in [6.07, 6.45) is 4.09. The number of amides is 1. The molecule has 5 nitrogen and oxygen atoms in total. The number of carbonyl (C=O) groups excluding carboxylic acids is 2. The van der Waals surface area contributed by atoms with Gasteiger partial charge < -0.3 is 14.8 Å². The van der Waals surface area contributed by atoms with Gasteiger partial charge in [-0.2, -0.15) is 0 Å². The fourth-order valence-electron chi connectivity index (χ4n) is 4.26. The van der Waals surface area contributed by atoms with Gasteiger partial charge in [-0.05, 0) is 80.1 Å². The largest absolute Gasteiger partial charge is 0.486 e. The van der Waals surface area contributed by atoms with E-state index >= 15 is 0 Å². The van der Waals surface area contributed by atoms with E-state index in [0.717, 1.165) is 36.8 Å². The first-order valence-electron chi connectivity index (χ1n) is 14.2. The maximum absolute atomic E-state index is 12.5. The molecule has 3 rings (SSSR count). The van der Waals surface area contributed by atoms with Crippen molar-refractivity contribution in [3.63, 3.8) is 0 Å². The fraction of sp³-hybridized carbons (Fsp3) is 0.455. The molecule has 0 radical (unpaired) electrons. The Morgan fingerprint density at radius 3 is 1.62 bits per heavy atom. The Morgan fingerprint density at radius 1 is 0.725 bits per heavy atom. The third-order valence-electron chi connectivity index (χ3n) is 6.37. The predicted octanol–water partition coefficient (Wildman–Crippen LogP) is 6.24. The van der Waals surface area contributed by atoms with Crippen LogP contribution >= 0.6 is 0 Å². The summed E-state index contributed by atoms with van der Waals surface area (Å²) in [5.41, 5.74) is 8.62. The van der Waals surface area contributed by atoms with Crippen LogP contribution in [0, 0.1) is 28.8 Å². The summed E-state index contributed by atoms with van der Waals surface area (Å²) in [6.45, 7) is 13.4. The predicted molar refractivity (Wildman–Crippen MR) is 168 cm³/mol. The number of rotatable bonds is 9. The lowest BCUT2D eigenvalue weighted by Gasteiger charge is -2.28. The van der Waals surface area contributed by atoms with Crippen LogP contribution in [0.25, 0.3) is 0 Å². The molecule has 7 heteroatoms. The Balaban J connectivity index is 1.32. The van der Waals surface area contributed by atoms with Crippen molar-refractivity contribution in [1.82, 2.24) is 5.32 Å². The Morgan fingerprint density at radius 2 is 1.18 bits per heavy atom. The minimum Gasteiger partial charge on any atom is -0.486 e. The quantitative estimate of drug-likeness (QED) is 0.285. The monoisotopic (exact) mass is 573 g/mol. The van der Waals surface area contributed by atoms with Gasteiger partial charge in [0.1, 0.15) is 34.3 Å².